The molecule has 6 aliphatic rings. The van der Waals surface area contributed by atoms with Crippen LogP contribution in [0.1, 0.15) is 49.9 Å². The van der Waals surface area contributed by atoms with Crippen molar-refractivity contribution < 1.29 is 0 Å². The topological polar surface area (TPSA) is 86.5 Å². The summed E-state index contributed by atoms with van der Waals surface area (Å²) in [5, 5.41) is 37.2. The third kappa shape index (κ3) is 2.35. The standard InChI is InChI=1S/C32H36N10/c1-27(2)29(23-11-7-5-8-12-23)35-37-31(27,41-21-33-19-39(29)41)25-15-17-26(18-16-25)32-28(3,4)30(36-38-32,24-13-9-6-10-14-24)40-20-34-22-42(32)40/h5-18,33-34H,19-22H2,1-4H3. The van der Waals surface area contributed by atoms with Crippen molar-refractivity contribution in [3.63, 3.8) is 0 Å². The largest absolute Gasteiger partial charge is 0.289 e. The Morgan fingerprint density at radius 3 is 0.976 bits per heavy atom. The molecular weight excluding hydrogens is 524 g/mol. The van der Waals surface area contributed by atoms with Gasteiger partial charge in [0.1, 0.15) is 0 Å². The zero-order valence-corrected chi connectivity index (χ0v) is 24.5. The van der Waals surface area contributed by atoms with Crippen LogP contribution in [0.2, 0.25) is 0 Å². The van der Waals surface area contributed by atoms with E-state index in [1.54, 1.807) is 0 Å². The van der Waals surface area contributed by atoms with Crippen LogP contribution in [0.5, 0.6) is 0 Å². The summed E-state index contributed by atoms with van der Waals surface area (Å²) in [5.41, 5.74) is 1.50. The number of hydrogen-bond donors (Lipinski definition) is 2. The number of rotatable bonds is 4. The van der Waals surface area contributed by atoms with Crippen molar-refractivity contribution in [2.24, 2.45) is 31.3 Å². The van der Waals surface area contributed by atoms with Gasteiger partial charge in [0, 0.05) is 0 Å². The number of azo groups is 2. The number of hydrazine groups is 2. The second-order valence-electron chi connectivity index (χ2n) is 13.4. The van der Waals surface area contributed by atoms with Gasteiger partial charge in [-0.15, -0.1) is 0 Å². The first-order chi connectivity index (χ1) is 20.3. The predicted molar refractivity (Wildman–Crippen MR) is 156 cm³/mol. The summed E-state index contributed by atoms with van der Waals surface area (Å²) in [6.07, 6.45) is 0. The molecule has 2 N–H and O–H groups in total. The van der Waals surface area contributed by atoms with Crippen LogP contribution in [0, 0.1) is 10.8 Å². The highest BCUT2D eigenvalue weighted by Gasteiger charge is 2.79. The fourth-order valence-corrected chi connectivity index (χ4v) is 9.34. The molecule has 4 unspecified atom stereocenters. The number of nitrogens with one attached hydrogen (secondary N) is 2. The quantitative estimate of drug-likeness (QED) is 0.478. The van der Waals surface area contributed by atoms with E-state index < -0.39 is 22.7 Å². The van der Waals surface area contributed by atoms with Crippen molar-refractivity contribution in [2.75, 3.05) is 26.7 Å². The van der Waals surface area contributed by atoms with Crippen LogP contribution in [-0.4, -0.2) is 46.7 Å². The van der Waals surface area contributed by atoms with Crippen LogP contribution in [0.4, 0.5) is 0 Å². The van der Waals surface area contributed by atoms with E-state index in [1.165, 1.54) is 11.1 Å². The maximum atomic E-state index is 5.15. The van der Waals surface area contributed by atoms with Crippen molar-refractivity contribution in [3.05, 3.63) is 107 Å². The average Bonchev–Trinajstić information content (AvgIpc) is 3.83. The predicted octanol–water partition coefficient (Wildman–Crippen LogP) is 4.78. The first kappa shape index (κ1) is 25.1. The molecular formula is C32H36N10. The Labute approximate surface area is 246 Å². The van der Waals surface area contributed by atoms with E-state index in [0.29, 0.717) is 0 Å². The number of benzene rings is 3. The molecule has 0 spiro atoms. The highest BCUT2D eigenvalue weighted by Crippen LogP contribution is 2.71. The molecule has 0 aromatic heterocycles. The van der Waals surface area contributed by atoms with Gasteiger partial charge in [-0.3, -0.25) is 10.6 Å². The van der Waals surface area contributed by atoms with Crippen LogP contribution in [0.15, 0.2) is 105 Å². The summed E-state index contributed by atoms with van der Waals surface area (Å²) in [7, 11) is 0. The van der Waals surface area contributed by atoms with Crippen molar-refractivity contribution in [2.45, 2.75) is 50.3 Å². The Morgan fingerprint density at radius 1 is 0.429 bits per heavy atom. The van der Waals surface area contributed by atoms with Crippen molar-refractivity contribution >= 4 is 0 Å². The molecule has 0 amide bonds. The maximum Gasteiger partial charge on any atom is 0.182 e. The van der Waals surface area contributed by atoms with E-state index >= 15 is 0 Å². The van der Waals surface area contributed by atoms with Gasteiger partial charge in [-0.25, -0.2) is 0 Å². The van der Waals surface area contributed by atoms with E-state index in [2.05, 4.69) is 143 Å². The lowest BCUT2D eigenvalue weighted by Crippen LogP contribution is -2.49. The van der Waals surface area contributed by atoms with Gasteiger partial charge < -0.3 is 0 Å². The summed E-state index contributed by atoms with van der Waals surface area (Å²) < 4.78 is 0. The fraction of sp³-hybridized carbons (Fsp3) is 0.438. The molecule has 9 rings (SSSR count). The molecule has 214 valence electrons. The maximum absolute atomic E-state index is 5.15. The molecule has 10 heteroatoms. The molecule has 10 nitrogen and oxygen atoms in total. The second-order valence-corrected chi connectivity index (χ2v) is 13.4. The van der Waals surface area contributed by atoms with Crippen LogP contribution in [0.25, 0.3) is 0 Å². The molecule has 4 bridgehead atoms. The Balaban J connectivity index is 1.17. The van der Waals surface area contributed by atoms with Gasteiger partial charge in [-0.2, -0.15) is 40.5 Å². The van der Waals surface area contributed by atoms with Gasteiger partial charge in [0.25, 0.3) is 0 Å². The molecule has 6 heterocycles. The number of fused-ring (bicyclic) bond motifs is 10. The van der Waals surface area contributed by atoms with Crippen LogP contribution < -0.4 is 10.6 Å². The van der Waals surface area contributed by atoms with Gasteiger partial charge in [0.2, 0.25) is 0 Å². The van der Waals surface area contributed by atoms with Crippen LogP contribution >= 0.6 is 0 Å². The molecule has 42 heavy (non-hydrogen) atoms. The van der Waals surface area contributed by atoms with Crippen molar-refractivity contribution in [1.29, 1.82) is 0 Å². The van der Waals surface area contributed by atoms with Gasteiger partial charge in [-0.05, 0) is 22.3 Å². The molecule has 6 aliphatic heterocycles. The molecule has 4 saturated heterocycles. The van der Waals surface area contributed by atoms with Crippen molar-refractivity contribution in [3.8, 4) is 0 Å². The van der Waals surface area contributed by atoms with Crippen LogP contribution in [-0.2, 0) is 22.7 Å². The van der Waals surface area contributed by atoms with Gasteiger partial charge in [0.05, 0.1) is 37.5 Å². The van der Waals surface area contributed by atoms with Gasteiger partial charge in [-0.1, -0.05) is 113 Å². The van der Waals surface area contributed by atoms with Crippen LogP contribution in [0.3, 0.4) is 0 Å². The highest BCUT2D eigenvalue weighted by molar-refractivity contribution is 5.45. The lowest BCUT2D eigenvalue weighted by molar-refractivity contribution is -0.0759. The first-order valence-electron chi connectivity index (χ1n) is 14.9. The summed E-state index contributed by atoms with van der Waals surface area (Å²) in [4.78, 5) is 0. The Bertz CT molecular complexity index is 1520. The molecule has 0 saturated carbocycles. The monoisotopic (exact) mass is 560 g/mol. The molecule has 4 fully saturated rings. The summed E-state index contributed by atoms with van der Waals surface area (Å²) in [5.74, 6) is 0. The third-order valence-electron chi connectivity index (χ3n) is 11.3. The minimum Gasteiger partial charge on any atom is -0.289 e. The minimum absolute atomic E-state index is 0.332. The minimum atomic E-state index is -0.639. The van der Waals surface area contributed by atoms with E-state index in [1.807, 2.05) is 0 Å². The average molecular weight is 561 g/mol. The zero-order valence-electron chi connectivity index (χ0n) is 24.5. The van der Waals surface area contributed by atoms with E-state index in [4.69, 9.17) is 20.5 Å². The summed E-state index contributed by atoms with van der Waals surface area (Å²) in [6.45, 7) is 12.2. The van der Waals surface area contributed by atoms with Gasteiger partial charge >= 0.3 is 0 Å². The lowest BCUT2D eigenvalue weighted by atomic mass is 9.65. The number of hydrogen-bond acceptors (Lipinski definition) is 10. The zero-order chi connectivity index (χ0) is 28.6. The SMILES string of the molecule is CC1(C)C2(c3ccccc3)N=NC1(c1ccc(C34N=NC(c5ccccc5)(N5CNCN53)C4(C)C)cc1)N1CNCN12. The third-order valence-corrected chi connectivity index (χ3v) is 11.3. The molecule has 0 aliphatic carbocycles. The van der Waals surface area contributed by atoms with Crippen molar-refractivity contribution in [1.82, 2.24) is 30.7 Å². The van der Waals surface area contributed by atoms with E-state index in [0.717, 1.165) is 37.8 Å². The fourth-order valence-electron chi connectivity index (χ4n) is 9.34. The normalized spacial score (nSPS) is 37.6. The van der Waals surface area contributed by atoms with E-state index in [9.17, 15) is 0 Å². The molecule has 3 aromatic rings. The smallest absolute Gasteiger partial charge is 0.182 e. The highest BCUT2D eigenvalue weighted by atomic mass is 15.9. The Kier molecular flexibility index (Phi) is 4.65. The summed E-state index contributed by atoms with van der Waals surface area (Å²) >= 11 is 0. The molecule has 4 atom stereocenters. The summed E-state index contributed by atoms with van der Waals surface area (Å²) in [6, 6.07) is 30.3. The van der Waals surface area contributed by atoms with E-state index in [-0.39, 0.29) is 10.8 Å². The Morgan fingerprint density at radius 2 is 0.690 bits per heavy atom. The lowest BCUT2D eigenvalue weighted by Gasteiger charge is -2.41. The molecule has 3 aromatic carbocycles. The Hall–Kier alpha value is -3.38. The number of nitrogens with zero attached hydrogens (tertiary/aromatic N) is 8. The molecule has 0 radical (unpaired) electrons. The van der Waals surface area contributed by atoms with Gasteiger partial charge in [0.15, 0.2) is 22.7 Å². The first-order valence-corrected chi connectivity index (χ1v) is 14.9. The second kappa shape index (κ2) is 7.76.